The Kier molecular flexibility index (Phi) is 7.56. The summed E-state index contributed by atoms with van der Waals surface area (Å²) in [6.45, 7) is 5.85. The van der Waals surface area contributed by atoms with E-state index in [1.165, 1.54) is 38.8 Å². The van der Waals surface area contributed by atoms with E-state index in [1.807, 2.05) is 24.3 Å². The van der Waals surface area contributed by atoms with Gasteiger partial charge in [0.05, 0.1) is 21.4 Å². The molecule has 5 nitrogen and oxygen atoms in total. The maximum atomic E-state index is 13.3. The van der Waals surface area contributed by atoms with E-state index in [9.17, 15) is 4.79 Å². The van der Waals surface area contributed by atoms with Crippen LogP contribution in [-0.4, -0.2) is 48.1 Å². The molecule has 2 saturated heterocycles. The van der Waals surface area contributed by atoms with E-state index in [2.05, 4.69) is 27.2 Å². The third-order valence-electron chi connectivity index (χ3n) is 8.02. The van der Waals surface area contributed by atoms with Crippen molar-refractivity contribution in [2.24, 2.45) is 0 Å². The standard InChI is InChI=1S/C30H31Cl3N4O/c31-25-9-2-1-8-22(25)23-15-20(18-36-14-6-7-21(36)19-35-12-3-4-13-35)16-28-24(23)17-34-30(38)37(28)29-26(32)10-5-11-27(29)33/h1-2,5,8-11,15-16,21H,3-4,6-7,12-14,17-19H2,(H,34,38)/t21-/m0/s1. The van der Waals surface area contributed by atoms with Gasteiger partial charge in [-0.3, -0.25) is 9.80 Å². The van der Waals surface area contributed by atoms with Gasteiger partial charge in [0.1, 0.15) is 0 Å². The van der Waals surface area contributed by atoms with Crippen molar-refractivity contribution < 1.29 is 4.79 Å². The van der Waals surface area contributed by atoms with E-state index < -0.39 is 0 Å². The van der Waals surface area contributed by atoms with E-state index in [0.29, 0.717) is 33.3 Å². The first-order valence-corrected chi connectivity index (χ1v) is 14.5. The third-order valence-corrected chi connectivity index (χ3v) is 8.96. The van der Waals surface area contributed by atoms with Gasteiger partial charge >= 0.3 is 6.03 Å². The highest BCUT2D eigenvalue weighted by molar-refractivity contribution is 6.40. The Bertz CT molecular complexity index is 1340. The lowest BCUT2D eigenvalue weighted by molar-refractivity contribution is 0.185. The van der Waals surface area contributed by atoms with Crippen LogP contribution in [0, 0.1) is 0 Å². The largest absolute Gasteiger partial charge is 0.333 e. The fourth-order valence-corrected chi connectivity index (χ4v) is 7.00. The lowest BCUT2D eigenvalue weighted by Gasteiger charge is -2.34. The quantitative estimate of drug-likeness (QED) is 0.330. The van der Waals surface area contributed by atoms with Crippen molar-refractivity contribution in [1.29, 1.82) is 0 Å². The number of para-hydroxylation sites is 1. The fraction of sp³-hybridized carbons (Fsp3) is 0.367. The summed E-state index contributed by atoms with van der Waals surface area (Å²) >= 11 is 19.9. The Morgan fingerprint density at radius 1 is 0.842 bits per heavy atom. The second kappa shape index (κ2) is 11.1. The van der Waals surface area contributed by atoms with Gasteiger partial charge in [-0.2, -0.15) is 0 Å². The predicted octanol–water partition coefficient (Wildman–Crippen LogP) is 7.74. The molecule has 6 rings (SSSR count). The molecule has 0 bridgehead atoms. The number of likely N-dealkylation sites (tertiary alicyclic amines) is 2. The van der Waals surface area contributed by atoms with Crippen LogP contribution in [0.3, 0.4) is 0 Å². The van der Waals surface area contributed by atoms with Crippen molar-refractivity contribution in [2.75, 3.05) is 31.1 Å². The van der Waals surface area contributed by atoms with Gasteiger partial charge in [0.25, 0.3) is 0 Å². The average molecular weight is 570 g/mol. The van der Waals surface area contributed by atoms with E-state index in [4.69, 9.17) is 34.8 Å². The molecule has 1 N–H and O–H groups in total. The molecule has 0 aromatic heterocycles. The number of fused-ring (bicyclic) bond motifs is 1. The topological polar surface area (TPSA) is 38.8 Å². The molecule has 38 heavy (non-hydrogen) atoms. The zero-order valence-corrected chi connectivity index (χ0v) is 23.5. The van der Waals surface area contributed by atoms with Gasteiger partial charge in [-0.05, 0) is 86.8 Å². The van der Waals surface area contributed by atoms with Crippen molar-refractivity contribution in [1.82, 2.24) is 15.1 Å². The zero-order chi connectivity index (χ0) is 26.2. The maximum absolute atomic E-state index is 13.3. The number of nitrogens with one attached hydrogen (secondary N) is 1. The van der Waals surface area contributed by atoms with E-state index in [1.54, 1.807) is 23.1 Å². The molecule has 3 aliphatic rings. The van der Waals surface area contributed by atoms with Crippen LogP contribution >= 0.6 is 34.8 Å². The molecule has 3 aliphatic heterocycles. The molecule has 3 heterocycles. The number of hydrogen-bond donors (Lipinski definition) is 1. The minimum Gasteiger partial charge on any atom is -0.333 e. The Labute approximate surface area is 239 Å². The van der Waals surface area contributed by atoms with Crippen LogP contribution in [0.2, 0.25) is 15.1 Å². The van der Waals surface area contributed by atoms with Crippen LogP contribution in [0.25, 0.3) is 11.1 Å². The van der Waals surface area contributed by atoms with Crippen LogP contribution in [0.15, 0.2) is 54.6 Å². The number of benzene rings is 3. The normalized spacial score (nSPS) is 20.1. The molecule has 3 aromatic carbocycles. The van der Waals surface area contributed by atoms with E-state index in [-0.39, 0.29) is 6.03 Å². The maximum Gasteiger partial charge on any atom is 0.326 e. The van der Waals surface area contributed by atoms with Crippen molar-refractivity contribution in [3.05, 3.63) is 80.8 Å². The average Bonchev–Trinajstić information content (AvgIpc) is 3.58. The second-order valence-electron chi connectivity index (χ2n) is 10.5. The number of amides is 2. The molecule has 0 saturated carbocycles. The van der Waals surface area contributed by atoms with Gasteiger partial charge in [0, 0.05) is 41.8 Å². The van der Waals surface area contributed by atoms with Gasteiger partial charge in [0.15, 0.2) is 0 Å². The van der Waals surface area contributed by atoms with E-state index in [0.717, 1.165) is 47.6 Å². The molecular formula is C30H31Cl3N4O. The first-order valence-electron chi connectivity index (χ1n) is 13.4. The number of carbonyl (C=O) groups excluding carboxylic acids is 1. The summed E-state index contributed by atoms with van der Waals surface area (Å²) < 4.78 is 0. The smallest absolute Gasteiger partial charge is 0.326 e. The van der Waals surface area contributed by atoms with Crippen LogP contribution in [-0.2, 0) is 13.1 Å². The fourth-order valence-electron chi connectivity index (χ4n) is 6.20. The molecule has 2 amide bonds. The summed E-state index contributed by atoms with van der Waals surface area (Å²) in [6.07, 6.45) is 5.05. The van der Waals surface area contributed by atoms with Crippen molar-refractivity contribution >= 4 is 52.2 Å². The third kappa shape index (κ3) is 5.03. The summed E-state index contributed by atoms with van der Waals surface area (Å²) in [5.41, 5.74) is 5.40. The minimum absolute atomic E-state index is 0.247. The Balaban J connectivity index is 1.44. The number of carbonyl (C=O) groups is 1. The molecule has 198 valence electrons. The number of anilines is 2. The number of rotatable bonds is 6. The molecule has 0 spiro atoms. The predicted molar refractivity (Wildman–Crippen MR) is 157 cm³/mol. The highest BCUT2D eigenvalue weighted by Gasteiger charge is 2.33. The molecule has 0 unspecified atom stereocenters. The zero-order valence-electron chi connectivity index (χ0n) is 21.2. The summed E-state index contributed by atoms with van der Waals surface area (Å²) in [5.74, 6) is 0. The monoisotopic (exact) mass is 568 g/mol. The first-order chi connectivity index (χ1) is 18.5. The molecule has 8 heteroatoms. The van der Waals surface area contributed by atoms with Crippen LogP contribution in [0.4, 0.5) is 16.2 Å². The highest BCUT2D eigenvalue weighted by Crippen LogP contribution is 2.45. The highest BCUT2D eigenvalue weighted by atomic mass is 35.5. The van der Waals surface area contributed by atoms with Gasteiger partial charge in [0.2, 0.25) is 0 Å². The van der Waals surface area contributed by atoms with Gasteiger partial charge in [-0.15, -0.1) is 0 Å². The van der Waals surface area contributed by atoms with Gasteiger partial charge < -0.3 is 10.2 Å². The Hall–Kier alpha value is -2.28. The van der Waals surface area contributed by atoms with Crippen LogP contribution < -0.4 is 10.2 Å². The SMILES string of the molecule is O=C1NCc2c(-c3ccccc3Cl)cc(CN3CCC[C@H]3CN3CCCC3)cc2N1c1c(Cl)cccc1Cl. The summed E-state index contributed by atoms with van der Waals surface area (Å²) in [4.78, 5) is 20.2. The number of nitrogens with zero attached hydrogens (tertiary/aromatic N) is 3. The summed E-state index contributed by atoms with van der Waals surface area (Å²) in [6, 6.07) is 17.9. The molecular weight excluding hydrogens is 539 g/mol. The van der Waals surface area contributed by atoms with Crippen molar-refractivity contribution in [3.63, 3.8) is 0 Å². The number of halogens is 3. The molecule has 1 atom stereocenters. The van der Waals surface area contributed by atoms with Crippen molar-refractivity contribution in [2.45, 2.75) is 44.8 Å². The Morgan fingerprint density at radius 2 is 1.58 bits per heavy atom. The molecule has 0 radical (unpaired) electrons. The van der Waals surface area contributed by atoms with Crippen LogP contribution in [0.1, 0.15) is 36.8 Å². The number of hydrogen-bond acceptors (Lipinski definition) is 3. The second-order valence-corrected chi connectivity index (χ2v) is 11.7. The minimum atomic E-state index is -0.247. The van der Waals surface area contributed by atoms with Gasteiger partial charge in [-0.1, -0.05) is 59.1 Å². The molecule has 0 aliphatic carbocycles. The molecule has 2 fully saturated rings. The van der Waals surface area contributed by atoms with Crippen molar-refractivity contribution in [3.8, 4) is 11.1 Å². The lowest BCUT2D eigenvalue weighted by Crippen LogP contribution is -2.42. The van der Waals surface area contributed by atoms with E-state index >= 15 is 0 Å². The van der Waals surface area contributed by atoms with Gasteiger partial charge in [-0.25, -0.2) is 4.79 Å². The lowest BCUT2D eigenvalue weighted by atomic mass is 9.93. The summed E-state index contributed by atoms with van der Waals surface area (Å²) in [7, 11) is 0. The Morgan fingerprint density at radius 3 is 2.34 bits per heavy atom. The number of urea groups is 1. The first kappa shape index (κ1) is 26.0. The summed E-state index contributed by atoms with van der Waals surface area (Å²) in [5, 5.41) is 4.55. The van der Waals surface area contributed by atoms with Crippen LogP contribution in [0.5, 0.6) is 0 Å². The molecule has 3 aromatic rings.